The van der Waals surface area contributed by atoms with Crippen molar-refractivity contribution >= 4 is 29.0 Å². The van der Waals surface area contributed by atoms with Crippen molar-refractivity contribution in [2.75, 3.05) is 11.9 Å². The monoisotopic (exact) mass is 409 g/mol. The molecule has 2 heterocycles. The second-order valence-corrected chi connectivity index (χ2v) is 7.65. The van der Waals surface area contributed by atoms with Crippen molar-refractivity contribution in [3.05, 3.63) is 39.8 Å². The molecule has 1 saturated heterocycles. The van der Waals surface area contributed by atoms with E-state index in [2.05, 4.69) is 20.8 Å². The fraction of sp³-hybridized carbons (Fsp3) is 0.444. The van der Waals surface area contributed by atoms with Gasteiger partial charge in [0.2, 0.25) is 5.01 Å². The number of nitrogens with one attached hydrogen (secondary N) is 2. The number of nitrogens with zero attached hydrogens (tertiary/aromatic N) is 3. The van der Waals surface area contributed by atoms with Gasteiger partial charge in [-0.2, -0.15) is 0 Å². The average molecular weight is 409 g/mol. The Morgan fingerprint density at radius 3 is 2.82 bits per heavy atom. The Balaban J connectivity index is 1.69. The molecule has 1 fully saturated rings. The zero-order valence-corrected chi connectivity index (χ0v) is 16.4. The van der Waals surface area contributed by atoms with Crippen molar-refractivity contribution in [2.45, 2.75) is 45.2 Å². The van der Waals surface area contributed by atoms with Gasteiger partial charge in [0, 0.05) is 24.3 Å². The Hall–Kier alpha value is -2.62. The molecule has 150 valence electrons. The second-order valence-electron chi connectivity index (χ2n) is 6.64. The van der Waals surface area contributed by atoms with Gasteiger partial charge >= 0.3 is 6.03 Å². The van der Waals surface area contributed by atoms with Gasteiger partial charge in [0.05, 0.1) is 6.04 Å². The van der Waals surface area contributed by atoms with Gasteiger partial charge in [-0.25, -0.2) is 13.6 Å². The minimum Gasteiger partial charge on any atom is -0.336 e. The van der Waals surface area contributed by atoms with Crippen LogP contribution in [-0.4, -0.2) is 39.6 Å². The average Bonchev–Trinajstić information content (AvgIpc) is 3.33. The highest BCUT2D eigenvalue weighted by atomic mass is 32.1. The number of urea groups is 1. The van der Waals surface area contributed by atoms with Crippen LogP contribution in [0.2, 0.25) is 0 Å². The van der Waals surface area contributed by atoms with Crippen molar-refractivity contribution in [1.82, 2.24) is 20.4 Å². The summed E-state index contributed by atoms with van der Waals surface area (Å²) in [5, 5.41) is 14.1. The number of hydrogen-bond acceptors (Lipinski definition) is 5. The van der Waals surface area contributed by atoms with Gasteiger partial charge < -0.3 is 15.5 Å². The van der Waals surface area contributed by atoms with Crippen LogP contribution < -0.4 is 10.6 Å². The maximum absolute atomic E-state index is 13.3. The Labute approximate surface area is 165 Å². The summed E-state index contributed by atoms with van der Waals surface area (Å²) in [7, 11) is 0. The van der Waals surface area contributed by atoms with E-state index in [4.69, 9.17) is 0 Å². The number of anilines is 1. The zero-order valence-electron chi connectivity index (χ0n) is 15.5. The number of halogens is 2. The lowest BCUT2D eigenvalue weighted by molar-refractivity contribution is 0.102. The van der Waals surface area contributed by atoms with E-state index in [0.29, 0.717) is 11.6 Å². The molecule has 1 aliphatic heterocycles. The lowest BCUT2D eigenvalue weighted by atomic mass is 10.2. The maximum Gasteiger partial charge on any atom is 0.318 e. The molecule has 1 aliphatic rings. The molecule has 0 aliphatic carbocycles. The first-order valence-corrected chi connectivity index (χ1v) is 9.87. The van der Waals surface area contributed by atoms with Gasteiger partial charge in [0.25, 0.3) is 5.91 Å². The minimum atomic E-state index is -1.05. The van der Waals surface area contributed by atoms with E-state index in [1.807, 2.05) is 13.8 Å². The molecule has 1 aromatic carbocycles. The summed E-state index contributed by atoms with van der Waals surface area (Å²) >= 11 is 1.09. The van der Waals surface area contributed by atoms with Crippen LogP contribution in [0.3, 0.4) is 0 Å². The van der Waals surface area contributed by atoms with Gasteiger partial charge in [-0.1, -0.05) is 18.3 Å². The third-order valence-electron chi connectivity index (χ3n) is 4.59. The molecule has 1 aromatic heterocycles. The highest BCUT2D eigenvalue weighted by Gasteiger charge is 2.33. The Kier molecular flexibility index (Phi) is 6.18. The molecule has 0 spiro atoms. The van der Waals surface area contributed by atoms with Crippen molar-refractivity contribution < 1.29 is 18.4 Å². The first kappa shape index (κ1) is 20.1. The Morgan fingerprint density at radius 1 is 1.32 bits per heavy atom. The predicted molar refractivity (Wildman–Crippen MR) is 101 cm³/mol. The molecule has 3 amide bonds. The first-order chi connectivity index (χ1) is 13.4. The summed E-state index contributed by atoms with van der Waals surface area (Å²) in [5.74, 6) is -2.61. The number of carbonyl (C=O) groups excluding carboxylic acids is 2. The van der Waals surface area contributed by atoms with Crippen LogP contribution in [0.1, 0.15) is 54.0 Å². The lowest BCUT2D eigenvalue weighted by Gasteiger charge is -2.25. The van der Waals surface area contributed by atoms with Crippen LogP contribution in [-0.2, 0) is 0 Å². The van der Waals surface area contributed by atoms with E-state index >= 15 is 0 Å². The highest BCUT2D eigenvalue weighted by Crippen LogP contribution is 2.33. The van der Waals surface area contributed by atoms with Crippen LogP contribution in [0.25, 0.3) is 0 Å². The quantitative estimate of drug-likeness (QED) is 0.788. The smallest absolute Gasteiger partial charge is 0.318 e. The van der Waals surface area contributed by atoms with Crippen molar-refractivity contribution in [3.63, 3.8) is 0 Å². The zero-order chi connectivity index (χ0) is 20.3. The van der Waals surface area contributed by atoms with Crippen molar-refractivity contribution in [1.29, 1.82) is 0 Å². The van der Waals surface area contributed by atoms with E-state index in [1.165, 1.54) is 6.07 Å². The fourth-order valence-corrected chi connectivity index (χ4v) is 3.77. The van der Waals surface area contributed by atoms with E-state index in [1.54, 1.807) is 4.90 Å². The SMILES string of the molecule is CC[C@@H](C)NC(=O)N1CCC[C@@H]1c1nnc(C(=O)Nc2ccc(F)c(F)c2)s1. The molecule has 0 bridgehead atoms. The van der Waals surface area contributed by atoms with Crippen LogP contribution in [0.4, 0.5) is 19.3 Å². The third-order valence-corrected chi connectivity index (χ3v) is 5.62. The normalized spacial score (nSPS) is 17.4. The summed E-state index contributed by atoms with van der Waals surface area (Å²) in [6.45, 7) is 4.55. The van der Waals surface area contributed by atoms with Gasteiger partial charge in [-0.15, -0.1) is 10.2 Å². The molecule has 10 heteroatoms. The van der Waals surface area contributed by atoms with Crippen LogP contribution >= 0.6 is 11.3 Å². The minimum absolute atomic E-state index is 0.0700. The van der Waals surface area contributed by atoms with Gasteiger partial charge in [0.15, 0.2) is 11.6 Å². The number of hydrogen-bond donors (Lipinski definition) is 2. The highest BCUT2D eigenvalue weighted by molar-refractivity contribution is 7.13. The number of carbonyl (C=O) groups is 2. The number of benzene rings is 1. The Bertz CT molecular complexity index is 875. The fourth-order valence-electron chi connectivity index (χ4n) is 2.88. The summed E-state index contributed by atoms with van der Waals surface area (Å²) in [6, 6.07) is 2.78. The topological polar surface area (TPSA) is 87.2 Å². The molecule has 0 radical (unpaired) electrons. The van der Waals surface area contributed by atoms with Crippen LogP contribution in [0.15, 0.2) is 18.2 Å². The third kappa shape index (κ3) is 4.44. The van der Waals surface area contributed by atoms with E-state index in [-0.39, 0.29) is 28.8 Å². The van der Waals surface area contributed by atoms with Crippen LogP contribution in [0, 0.1) is 11.6 Å². The molecule has 7 nitrogen and oxygen atoms in total. The summed E-state index contributed by atoms with van der Waals surface area (Å²) in [5.41, 5.74) is 0.121. The maximum atomic E-state index is 13.3. The van der Waals surface area contributed by atoms with E-state index in [9.17, 15) is 18.4 Å². The Morgan fingerprint density at radius 2 is 2.11 bits per heavy atom. The molecule has 2 aromatic rings. The largest absolute Gasteiger partial charge is 0.336 e. The van der Waals surface area contributed by atoms with E-state index in [0.717, 1.165) is 42.7 Å². The first-order valence-electron chi connectivity index (χ1n) is 9.06. The number of rotatable bonds is 5. The standard InChI is InChI=1S/C18H21F2N5O2S/c1-3-10(2)21-18(27)25-8-4-5-14(25)16-23-24-17(28-16)15(26)22-11-6-7-12(19)13(20)9-11/h6-7,9-10,14H,3-5,8H2,1-2H3,(H,21,27)(H,22,26)/t10-,14-/m1/s1. The molecule has 3 rings (SSSR count). The molecular weight excluding hydrogens is 388 g/mol. The molecule has 0 unspecified atom stereocenters. The van der Waals surface area contributed by atoms with Gasteiger partial charge in [-0.05, 0) is 38.3 Å². The van der Waals surface area contributed by atoms with Gasteiger partial charge in [-0.3, -0.25) is 4.79 Å². The van der Waals surface area contributed by atoms with Crippen molar-refractivity contribution in [3.8, 4) is 0 Å². The molecular formula is C18H21F2N5O2S. The number of likely N-dealkylation sites (tertiary alicyclic amines) is 1. The van der Waals surface area contributed by atoms with Gasteiger partial charge in [0.1, 0.15) is 5.01 Å². The second kappa shape index (κ2) is 8.59. The number of amides is 3. The lowest BCUT2D eigenvalue weighted by Crippen LogP contribution is -2.43. The summed E-state index contributed by atoms with van der Waals surface area (Å²) in [4.78, 5) is 26.5. The summed E-state index contributed by atoms with van der Waals surface area (Å²) < 4.78 is 26.3. The predicted octanol–water partition coefficient (Wildman–Crippen LogP) is 3.71. The van der Waals surface area contributed by atoms with Crippen LogP contribution in [0.5, 0.6) is 0 Å². The number of aromatic nitrogens is 2. The molecule has 2 N–H and O–H groups in total. The molecule has 28 heavy (non-hydrogen) atoms. The van der Waals surface area contributed by atoms with E-state index < -0.39 is 17.5 Å². The summed E-state index contributed by atoms with van der Waals surface area (Å²) in [6.07, 6.45) is 2.42. The van der Waals surface area contributed by atoms with Crippen molar-refractivity contribution in [2.24, 2.45) is 0 Å². The molecule has 0 saturated carbocycles. The molecule has 2 atom stereocenters.